The number of benzene rings is 1. The molecule has 0 aliphatic carbocycles. The van der Waals surface area contributed by atoms with Crippen molar-refractivity contribution in [2.75, 3.05) is 12.3 Å². The minimum atomic E-state index is -0.00524. The molecular formula is C14H17ClN4OS. The summed E-state index contributed by atoms with van der Waals surface area (Å²) in [5.41, 5.74) is 0.873. The van der Waals surface area contributed by atoms with Gasteiger partial charge in [-0.3, -0.25) is 9.36 Å². The molecule has 0 unspecified atom stereocenters. The number of carbonyl (C=O) groups excluding carboxylic acids is 1. The Bertz CT molecular complexity index is 615. The van der Waals surface area contributed by atoms with Gasteiger partial charge in [-0.05, 0) is 24.1 Å². The number of amides is 1. The van der Waals surface area contributed by atoms with Crippen LogP contribution >= 0.6 is 23.4 Å². The van der Waals surface area contributed by atoms with Crippen molar-refractivity contribution in [2.24, 2.45) is 5.92 Å². The van der Waals surface area contributed by atoms with Crippen LogP contribution in [0.1, 0.15) is 13.8 Å². The number of aromatic nitrogens is 3. The molecule has 0 aliphatic rings. The number of thioether (sulfide) groups is 1. The lowest BCUT2D eigenvalue weighted by Gasteiger charge is -2.08. The highest BCUT2D eigenvalue weighted by molar-refractivity contribution is 7.99. The SMILES string of the molecule is CC(C)CNC(=O)CSc1nncn1-c1cccc(Cl)c1. The molecule has 1 heterocycles. The molecule has 2 rings (SSSR count). The molecule has 0 fully saturated rings. The lowest BCUT2D eigenvalue weighted by atomic mass is 10.2. The Morgan fingerprint density at radius 1 is 1.48 bits per heavy atom. The topological polar surface area (TPSA) is 59.8 Å². The summed E-state index contributed by atoms with van der Waals surface area (Å²) in [7, 11) is 0. The zero-order chi connectivity index (χ0) is 15.2. The van der Waals surface area contributed by atoms with Gasteiger partial charge in [-0.1, -0.05) is 43.3 Å². The molecular weight excluding hydrogens is 308 g/mol. The van der Waals surface area contributed by atoms with Crippen LogP contribution in [0.4, 0.5) is 0 Å². The fourth-order valence-electron chi connectivity index (χ4n) is 1.62. The smallest absolute Gasteiger partial charge is 0.230 e. The number of nitrogens with zero attached hydrogens (tertiary/aromatic N) is 3. The van der Waals surface area contributed by atoms with Crippen molar-refractivity contribution in [3.8, 4) is 5.69 Å². The maximum absolute atomic E-state index is 11.7. The number of hydrogen-bond donors (Lipinski definition) is 1. The zero-order valence-electron chi connectivity index (χ0n) is 11.9. The number of carbonyl (C=O) groups is 1. The van der Waals surface area contributed by atoms with Gasteiger partial charge in [0.15, 0.2) is 5.16 Å². The summed E-state index contributed by atoms with van der Waals surface area (Å²) in [6.07, 6.45) is 1.61. The monoisotopic (exact) mass is 324 g/mol. The van der Waals surface area contributed by atoms with Crippen molar-refractivity contribution in [1.29, 1.82) is 0 Å². The summed E-state index contributed by atoms with van der Waals surface area (Å²) in [6, 6.07) is 7.41. The highest BCUT2D eigenvalue weighted by atomic mass is 35.5. The Labute approximate surface area is 133 Å². The first-order valence-electron chi connectivity index (χ1n) is 6.61. The van der Waals surface area contributed by atoms with Crippen LogP contribution in [0.25, 0.3) is 5.69 Å². The van der Waals surface area contributed by atoms with Gasteiger partial charge < -0.3 is 5.32 Å². The van der Waals surface area contributed by atoms with Gasteiger partial charge in [-0.2, -0.15) is 0 Å². The Morgan fingerprint density at radius 2 is 2.29 bits per heavy atom. The molecule has 1 N–H and O–H groups in total. The van der Waals surface area contributed by atoms with E-state index in [0.717, 1.165) is 5.69 Å². The molecule has 112 valence electrons. The average molecular weight is 325 g/mol. The Kier molecular flexibility index (Phi) is 5.64. The Hall–Kier alpha value is -1.53. The summed E-state index contributed by atoms with van der Waals surface area (Å²) in [6.45, 7) is 4.80. The maximum Gasteiger partial charge on any atom is 0.230 e. The molecule has 5 nitrogen and oxygen atoms in total. The molecule has 0 aliphatic heterocycles. The highest BCUT2D eigenvalue weighted by Crippen LogP contribution is 2.21. The highest BCUT2D eigenvalue weighted by Gasteiger charge is 2.10. The van der Waals surface area contributed by atoms with Crippen LogP contribution in [0.15, 0.2) is 35.7 Å². The largest absolute Gasteiger partial charge is 0.355 e. The third kappa shape index (κ3) is 4.75. The van der Waals surface area contributed by atoms with Gasteiger partial charge in [-0.25, -0.2) is 0 Å². The van der Waals surface area contributed by atoms with Gasteiger partial charge in [0.1, 0.15) is 6.33 Å². The second-order valence-electron chi connectivity index (χ2n) is 4.95. The maximum atomic E-state index is 11.7. The van der Waals surface area contributed by atoms with Crippen LogP contribution < -0.4 is 5.32 Å². The van der Waals surface area contributed by atoms with E-state index in [4.69, 9.17) is 11.6 Å². The molecule has 0 bridgehead atoms. The van der Waals surface area contributed by atoms with Gasteiger partial charge in [0.05, 0.1) is 11.4 Å². The normalized spacial score (nSPS) is 10.9. The predicted molar refractivity (Wildman–Crippen MR) is 84.9 cm³/mol. The van der Waals surface area contributed by atoms with E-state index in [2.05, 4.69) is 29.4 Å². The van der Waals surface area contributed by atoms with E-state index < -0.39 is 0 Å². The first kappa shape index (κ1) is 15.9. The van der Waals surface area contributed by atoms with Crippen LogP contribution in [0.2, 0.25) is 5.02 Å². The first-order chi connectivity index (χ1) is 10.1. The second-order valence-corrected chi connectivity index (χ2v) is 6.33. The van der Waals surface area contributed by atoms with Crippen LogP contribution in [0.5, 0.6) is 0 Å². The Morgan fingerprint density at radius 3 is 3.00 bits per heavy atom. The minimum absolute atomic E-state index is 0.00524. The van der Waals surface area contributed by atoms with Crippen molar-refractivity contribution >= 4 is 29.3 Å². The molecule has 0 spiro atoms. The molecule has 0 radical (unpaired) electrons. The quantitative estimate of drug-likeness (QED) is 0.830. The minimum Gasteiger partial charge on any atom is -0.355 e. The van der Waals surface area contributed by atoms with E-state index in [1.807, 2.05) is 28.8 Å². The van der Waals surface area contributed by atoms with E-state index in [1.165, 1.54) is 11.8 Å². The van der Waals surface area contributed by atoms with Gasteiger partial charge in [-0.15, -0.1) is 10.2 Å². The number of hydrogen-bond acceptors (Lipinski definition) is 4. The lowest BCUT2D eigenvalue weighted by Crippen LogP contribution is -2.28. The van der Waals surface area contributed by atoms with Crippen LogP contribution in [0.3, 0.4) is 0 Å². The first-order valence-corrected chi connectivity index (χ1v) is 7.98. The van der Waals surface area contributed by atoms with Crippen molar-refractivity contribution in [3.05, 3.63) is 35.6 Å². The lowest BCUT2D eigenvalue weighted by molar-refractivity contribution is -0.118. The van der Waals surface area contributed by atoms with E-state index in [9.17, 15) is 4.79 Å². The van der Waals surface area contributed by atoms with Gasteiger partial charge >= 0.3 is 0 Å². The van der Waals surface area contributed by atoms with Crippen molar-refractivity contribution in [3.63, 3.8) is 0 Å². The standard InChI is InChI=1S/C14H17ClN4OS/c1-10(2)7-16-13(20)8-21-14-18-17-9-19(14)12-5-3-4-11(15)6-12/h3-6,9-10H,7-8H2,1-2H3,(H,16,20). The third-order valence-corrected chi connectivity index (χ3v) is 3.82. The molecule has 2 aromatic rings. The fraction of sp³-hybridized carbons (Fsp3) is 0.357. The van der Waals surface area contributed by atoms with Gasteiger partial charge in [0.2, 0.25) is 5.91 Å². The molecule has 21 heavy (non-hydrogen) atoms. The fourth-order valence-corrected chi connectivity index (χ4v) is 2.57. The third-order valence-electron chi connectivity index (χ3n) is 2.64. The van der Waals surface area contributed by atoms with Gasteiger partial charge in [0, 0.05) is 11.6 Å². The summed E-state index contributed by atoms with van der Waals surface area (Å²) in [5.74, 6) is 0.745. The number of halogens is 1. The molecule has 1 aromatic heterocycles. The van der Waals surface area contributed by atoms with E-state index in [0.29, 0.717) is 28.4 Å². The number of nitrogens with one attached hydrogen (secondary N) is 1. The van der Waals surface area contributed by atoms with Crippen molar-refractivity contribution in [2.45, 2.75) is 19.0 Å². The van der Waals surface area contributed by atoms with Crippen LogP contribution in [-0.4, -0.2) is 33.0 Å². The van der Waals surface area contributed by atoms with Gasteiger partial charge in [0.25, 0.3) is 0 Å². The second kappa shape index (κ2) is 7.47. The average Bonchev–Trinajstić information content (AvgIpc) is 2.91. The van der Waals surface area contributed by atoms with Crippen molar-refractivity contribution < 1.29 is 4.79 Å². The van der Waals surface area contributed by atoms with E-state index in [-0.39, 0.29) is 5.91 Å². The van der Waals surface area contributed by atoms with E-state index in [1.54, 1.807) is 6.33 Å². The molecule has 1 amide bonds. The summed E-state index contributed by atoms with van der Waals surface area (Å²) < 4.78 is 1.81. The molecule has 1 aromatic carbocycles. The summed E-state index contributed by atoms with van der Waals surface area (Å²) in [4.78, 5) is 11.7. The predicted octanol–water partition coefficient (Wildman–Crippen LogP) is 2.79. The molecule has 0 atom stereocenters. The molecule has 0 saturated carbocycles. The van der Waals surface area contributed by atoms with E-state index >= 15 is 0 Å². The van der Waals surface area contributed by atoms with Crippen LogP contribution in [0, 0.1) is 5.92 Å². The summed E-state index contributed by atoms with van der Waals surface area (Å²) >= 11 is 7.34. The molecule has 0 saturated heterocycles. The summed E-state index contributed by atoms with van der Waals surface area (Å²) in [5, 5.41) is 12.1. The van der Waals surface area contributed by atoms with Crippen LogP contribution in [-0.2, 0) is 4.79 Å². The zero-order valence-corrected chi connectivity index (χ0v) is 13.5. The number of rotatable bonds is 6. The van der Waals surface area contributed by atoms with Crippen molar-refractivity contribution in [1.82, 2.24) is 20.1 Å². The Balaban J connectivity index is 1.99. The molecule has 7 heteroatoms.